The van der Waals surface area contributed by atoms with Crippen molar-refractivity contribution in [1.82, 2.24) is 14.7 Å². The summed E-state index contributed by atoms with van der Waals surface area (Å²) < 4.78 is 21.5. The highest BCUT2D eigenvalue weighted by Gasteiger charge is 2.41. The largest absolute Gasteiger partial charge is 0.469 e. The Kier molecular flexibility index (Phi) is 13.1. The third kappa shape index (κ3) is 15.1. The van der Waals surface area contributed by atoms with Crippen LogP contribution in [-0.4, -0.2) is 108 Å². The van der Waals surface area contributed by atoms with Crippen LogP contribution in [0.3, 0.4) is 0 Å². The van der Waals surface area contributed by atoms with Gasteiger partial charge in [0.15, 0.2) is 0 Å². The van der Waals surface area contributed by atoms with Gasteiger partial charge >= 0.3 is 23.9 Å². The Balaban J connectivity index is 3.39. The fourth-order valence-corrected chi connectivity index (χ4v) is 4.55. The summed E-state index contributed by atoms with van der Waals surface area (Å²) in [4.78, 5) is 55.9. The van der Waals surface area contributed by atoms with E-state index < -0.39 is 34.3 Å². The van der Waals surface area contributed by atoms with Crippen LogP contribution in [0.2, 0.25) is 0 Å². The number of methoxy groups -OCH3 is 1. The van der Waals surface area contributed by atoms with Gasteiger partial charge in [0.2, 0.25) is 0 Å². The molecule has 0 aromatic carbocycles. The first-order chi connectivity index (χ1) is 18.6. The summed E-state index contributed by atoms with van der Waals surface area (Å²) in [6.07, 6.45) is 5.61. The number of unbranched alkanes of at least 4 members (excludes halogenated alkanes) is 1. The molecule has 1 rings (SSSR count). The van der Waals surface area contributed by atoms with Crippen molar-refractivity contribution in [3.8, 4) is 0 Å². The highest BCUT2D eigenvalue weighted by molar-refractivity contribution is 5.73. The van der Waals surface area contributed by atoms with Gasteiger partial charge < -0.3 is 28.7 Å². The van der Waals surface area contributed by atoms with Crippen molar-refractivity contribution < 1.29 is 38.1 Å². The van der Waals surface area contributed by atoms with Crippen molar-refractivity contribution in [2.75, 3.05) is 46.9 Å². The van der Waals surface area contributed by atoms with Crippen LogP contribution in [0.1, 0.15) is 88.0 Å². The summed E-state index contributed by atoms with van der Waals surface area (Å²) in [5, 5.41) is 0. The lowest BCUT2D eigenvalue weighted by atomic mass is 9.88. The van der Waals surface area contributed by atoms with Crippen molar-refractivity contribution in [3.63, 3.8) is 0 Å². The van der Waals surface area contributed by atoms with Gasteiger partial charge in [0, 0.05) is 31.9 Å². The molecule has 0 aromatic heterocycles. The molecule has 0 atom stereocenters. The molecule has 0 saturated carbocycles. The van der Waals surface area contributed by atoms with Gasteiger partial charge in [-0.3, -0.25) is 24.1 Å². The van der Waals surface area contributed by atoms with Gasteiger partial charge in [0.1, 0.15) is 29.9 Å². The molecule has 0 amide bonds. The highest BCUT2D eigenvalue weighted by Crippen LogP contribution is 2.28. The molecule has 0 fully saturated rings. The summed E-state index contributed by atoms with van der Waals surface area (Å²) in [6.45, 7) is 17.0. The molecule has 0 unspecified atom stereocenters. The van der Waals surface area contributed by atoms with E-state index in [1.54, 1.807) is 12.4 Å². The van der Waals surface area contributed by atoms with Crippen LogP contribution in [0.4, 0.5) is 0 Å². The maximum atomic E-state index is 12.9. The SMILES string of the molecule is COC(=O)CCCCC1(N(C)CC(=O)OC(C)(C)C)CN(CC(=O)OC(C)(C)C)C=CN(CC(=O)OC(C)(C)C)C1. The third-order valence-corrected chi connectivity index (χ3v) is 6.08. The number of ether oxygens (including phenoxy) is 4. The summed E-state index contributed by atoms with van der Waals surface area (Å²) in [5.41, 5.74) is -2.65. The molecule has 1 aliphatic rings. The summed E-state index contributed by atoms with van der Waals surface area (Å²) in [7, 11) is 3.20. The predicted molar refractivity (Wildman–Crippen MR) is 156 cm³/mol. The molecule has 1 aliphatic heterocycles. The van der Waals surface area contributed by atoms with Crippen molar-refractivity contribution >= 4 is 23.9 Å². The maximum absolute atomic E-state index is 12.9. The Morgan fingerprint density at radius 2 is 1.12 bits per heavy atom. The lowest BCUT2D eigenvalue weighted by Gasteiger charge is -2.45. The Hall–Kier alpha value is -2.82. The average molecular weight is 584 g/mol. The molecule has 0 N–H and O–H groups in total. The van der Waals surface area contributed by atoms with E-state index in [1.165, 1.54) is 7.11 Å². The van der Waals surface area contributed by atoms with Gasteiger partial charge in [-0.25, -0.2) is 0 Å². The summed E-state index contributed by atoms with van der Waals surface area (Å²) >= 11 is 0. The summed E-state index contributed by atoms with van der Waals surface area (Å²) in [6, 6.07) is 0. The lowest BCUT2D eigenvalue weighted by molar-refractivity contribution is -0.160. The molecular weight excluding hydrogens is 530 g/mol. The fraction of sp³-hybridized carbons (Fsp3) is 0.800. The Morgan fingerprint density at radius 3 is 1.51 bits per heavy atom. The van der Waals surface area contributed by atoms with E-state index in [4.69, 9.17) is 18.9 Å². The molecule has 41 heavy (non-hydrogen) atoms. The molecule has 0 aromatic rings. The fourth-order valence-electron chi connectivity index (χ4n) is 4.55. The molecule has 0 radical (unpaired) electrons. The van der Waals surface area contributed by atoms with Crippen LogP contribution in [0.5, 0.6) is 0 Å². The Labute approximate surface area is 246 Å². The predicted octanol–water partition coefficient (Wildman–Crippen LogP) is 3.50. The van der Waals surface area contributed by atoms with E-state index in [-0.39, 0.29) is 38.0 Å². The minimum Gasteiger partial charge on any atom is -0.469 e. The van der Waals surface area contributed by atoms with E-state index in [1.807, 2.05) is 84.1 Å². The molecular formula is C30H53N3O8. The van der Waals surface area contributed by atoms with Crippen LogP contribution in [0.25, 0.3) is 0 Å². The smallest absolute Gasteiger partial charge is 0.326 e. The maximum Gasteiger partial charge on any atom is 0.326 e. The molecule has 0 bridgehead atoms. The van der Waals surface area contributed by atoms with Gasteiger partial charge in [-0.2, -0.15) is 0 Å². The van der Waals surface area contributed by atoms with Crippen molar-refractivity contribution in [1.29, 1.82) is 0 Å². The van der Waals surface area contributed by atoms with Crippen molar-refractivity contribution in [2.24, 2.45) is 0 Å². The second-order valence-electron chi connectivity index (χ2n) is 13.7. The van der Waals surface area contributed by atoms with E-state index in [0.29, 0.717) is 32.4 Å². The molecule has 0 spiro atoms. The normalized spacial score (nSPS) is 15.8. The summed E-state index contributed by atoms with van der Waals surface area (Å²) in [5.74, 6) is -1.46. The minimum absolute atomic E-state index is 0.00513. The number of rotatable bonds is 12. The number of likely N-dealkylation sites (N-methyl/N-ethyl adjacent to an activating group) is 1. The molecule has 11 nitrogen and oxygen atoms in total. The number of nitrogens with zero attached hydrogens (tertiary/aromatic N) is 3. The molecule has 1 heterocycles. The number of hydrogen-bond acceptors (Lipinski definition) is 11. The van der Waals surface area contributed by atoms with Crippen LogP contribution in [0, 0.1) is 0 Å². The van der Waals surface area contributed by atoms with Crippen LogP contribution in [-0.2, 0) is 38.1 Å². The third-order valence-electron chi connectivity index (χ3n) is 6.08. The zero-order valence-corrected chi connectivity index (χ0v) is 27.1. The molecule has 11 heteroatoms. The zero-order chi connectivity index (χ0) is 31.6. The van der Waals surface area contributed by atoms with Gasteiger partial charge in [0.05, 0.1) is 19.2 Å². The van der Waals surface area contributed by atoms with E-state index >= 15 is 0 Å². The van der Waals surface area contributed by atoms with Crippen molar-refractivity contribution in [2.45, 2.75) is 110 Å². The van der Waals surface area contributed by atoms with Crippen LogP contribution in [0.15, 0.2) is 12.4 Å². The molecule has 236 valence electrons. The zero-order valence-electron chi connectivity index (χ0n) is 27.1. The van der Waals surface area contributed by atoms with Gasteiger partial charge in [-0.1, -0.05) is 6.42 Å². The number of carbonyl (C=O) groups is 4. The number of carbonyl (C=O) groups excluding carboxylic acids is 4. The molecule has 0 aliphatic carbocycles. The second kappa shape index (κ2) is 14.9. The van der Waals surface area contributed by atoms with Crippen LogP contribution >= 0.6 is 0 Å². The number of esters is 4. The topological polar surface area (TPSA) is 115 Å². The van der Waals surface area contributed by atoms with E-state index in [2.05, 4.69) is 0 Å². The lowest BCUT2D eigenvalue weighted by Crippen LogP contribution is -2.60. The Bertz CT molecular complexity index is 885. The Morgan fingerprint density at radius 1 is 0.707 bits per heavy atom. The van der Waals surface area contributed by atoms with Gasteiger partial charge in [0.25, 0.3) is 0 Å². The second-order valence-corrected chi connectivity index (χ2v) is 13.7. The first-order valence-electron chi connectivity index (χ1n) is 14.2. The quantitative estimate of drug-likeness (QED) is 0.191. The monoisotopic (exact) mass is 583 g/mol. The molecule has 0 saturated heterocycles. The first-order valence-corrected chi connectivity index (χ1v) is 14.2. The van der Waals surface area contributed by atoms with Gasteiger partial charge in [-0.15, -0.1) is 0 Å². The minimum atomic E-state index is -0.708. The van der Waals surface area contributed by atoms with E-state index in [9.17, 15) is 19.2 Å². The average Bonchev–Trinajstić information content (AvgIpc) is 2.92. The highest BCUT2D eigenvalue weighted by atomic mass is 16.6. The van der Waals surface area contributed by atoms with Crippen LogP contribution < -0.4 is 0 Å². The van der Waals surface area contributed by atoms with Crippen molar-refractivity contribution in [3.05, 3.63) is 12.4 Å². The van der Waals surface area contributed by atoms with E-state index in [0.717, 1.165) is 0 Å². The standard InChI is InChI=1S/C30H53N3O8/c1-27(2,3)39-24(35)18-31(10)30(15-13-12-14-23(34)38-11)21-32(19-25(36)40-28(4,5)6)16-17-33(22-30)20-26(37)41-29(7,8)9/h16-17H,12-15,18-22H2,1-11H3. The van der Waals surface area contributed by atoms with Gasteiger partial charge in [-0.05, 0) is 82.2 Å². The first kappa shape index (κ1) is 36.2. The number of hydrogen-bond donors (Lipinski definition) is 0.